The Balaban J connectivity index is 2.56. The number of carboxylic acid groups (broad SMARTS) is 1. The summed E-state index contributed by atoms with van der Waals surface area (Å²) >= 11 is 1.17. The van der Waals surface area contributed by atoms with Crippen molar-refractivity contribution in [1.82, 2.24) is 9.78 Å². The predicted octanol–water partition coefficient (Wildman–Crippen LogP) is 0.419. The summed E-state index contributed by atoms with van der Waals surface area (Å²) in [6.07, 6.45) is 2.08. The standard InChI is InChI=1S/C10H15N3O4S2/c1-10(3-4-19(16,17)5-10)13-7(11)6(9(14)15)8(12-13)18-2/h3-5,11H2,1-2H3,(H,14,15). The van der Waals surface area contributed by atoms with Gasteiger partial charge in [0.05, 0.1) is 17.0 Å². The minimum Gasteiger partial charge on any atom is -0.477 e. The number of carboxylic acids is 1. The fourth-order valence-corrected chi connectivity index (χ4v) is 4.99. The monoisotopic (exact) mass is 305 g/mol. The van der Waals surface area contributed by atoms with E-state index in [1.165, 1.54) is 16.4 Å². The Hall–Kier alpha value is -1.22. The highest BCUT2D eigenvalue weighted by Gasteiger charge is 2.43. The number of rotatable bonds is 3. The molecule has 0 amide bonds. The topological polar surface area (TPSA) is 115 Å². The third kappa shape index (κ3) is 2.32. The quantitative estimate of drug-likeness (QED) is 0.777. The van der Waals surface area contributed by atoms with Crippen molar-refractivity contribution >= 4 is 33.4 Å². The third-order valence-electron chi connectivity index (χ3n) is 3.29. The van der Waals surface area contributed by atoms with Gasteiger partial charge in [0, 0.05) is 0 Å². The molecule has 1 saturated heterocycles. The van der Waals surface area contributed by atoms with Crippen LogP contribution in [-0.4, -0.2) is 47.0 Å². The lowest BCUT2D eigenvalue weighted by molar-refractivity contribution is 0.0694. The molecule has 1 unspecified atom stereocenters. The SMILES string of the molecule is CSc1nn(C2(C)CCS(=O)(=O)C2)c(N)c1C(=O)O. The van der Waals surface area contributed by atoms with E-state index in [9.17, 15) is 13.2 Å². The van der Waals surface area contributed by atoms with Crippen LogP contribution >= 0.6 is 11.8 Å². The first-order valence-electron chi connectivity index (χ1n) is 5.57. The molecule has 0 radical (unpaired) electrons. The molecule has 2 heterocycles. The molecule has 0 spiro atoms. The summed E-state index contributed by atoms with van der Waals surface area (Å²) in [6.45, 7) is 1.73. The number of sulfone groups is 1. The van der Waals surface area contributed by atoms with E-state index < -0.39 is 21.3 Å². The number of hydrogen-bond acceptors (Lipinski definition) is 6. The summed E-state index contributed by atoms with van der Waals surface area (Å²) in [5.74, 6) is -1.15. The van der Waals surface area contributed by atoms with Crippen LogP contribution in [0.1, 0.15) is 23.7 Å². The van der Waals surface area contributed by atoms with Crippen LogP contribution in [0.3, 0.4) is 0 Å². The van der Waals surface area contributed by atoms with Crippen molar-refractivity contribution in [1.29, 1.82) is 0 Å². The Bertz CT molecular complexity index is 637. The minimum absolute atomic E-state index is 0.0106. The maximum Gasteiger partial charge on any atom is 0.342 e. The number of nitrogens with zero attached hydrogens (tertiary/aromatic N) is 2. The Morgan fingerprint density at radius 2 is 2.21 bits per heavy atom. The smallest absolute Gasteiger partial charge is 0.342 e. The first-order chi connectivity index (χ1) is 8.70. The lowest BCUT2D eigenvalue weighted by Crippen LogP contribution is -2.33. The summed E-state index contributed by atoms with van der Waals surface area (Å²) in [7, 11) is -3.12. The number of hydrogen-bond donors (Lipinski definition) is 2. The van der Waals surface area contributed by atoms with Crippen LogP contribution < -0.4 is 5.73 Å². The zero-order valence-corrected chi connectivity index (χ0v) is 12.2. The van der Waals surface area contributed by atoms with E-state index in [-0.39, 0.29) is 22.9 Å². The second kappa shape index (κ2) is 4.41. The van der Waals surface area contributed by atoms with Crippen molar-refractivity contribution in [2.45, 2.75) is 23.9 Å². The fraction of sp³-hybridized carbons (Fsp3) is 0.600. The molecule has 3 N–H and O–H groups in total. The van der Waals surface area contributed by atoms with Crippen molar-refractivity contribution in [3.05, 3.63) is 5.56 Å². The van der Waals surface area contributed by atoms with Crippen molar-refractivity contribution in [2.24, 2.45) is 0 Å². The van der Waals surface area contributed by atoms with Gasteiger partial charge in [-0.1, -0.05) is 0 Å². The Labute approximate surface area is 115 Å². The molecule has 0 aromatic carbocycles. The molecule has 7 nitrogen and oxygen atoms in total. The van der Waals surface area contributed by atoms with E-state index in [0.717, 1.165) is 0 Å². The van der Waals surface area contributed by atoms with Crippen LogP contribution in [0.5, 0.6) is 0 Å². The summed E-state index contributed by atoms with van der Waals surface area (Å²) in [5.41, 5.74) is 5.01. The van der Waals surface area contributed by atoms with Crippen LogP contribution in [0, 0.1) is 0 Å². The second-order valence-corrected chi connectivity index (χ2v) is 7.80. The predicted molar refractivity (Wildman–Crippen MR) is 72.3 cm³/mol. The molecule has 0 aliphatic carbocycles. The Morgan fingerprint density at radius 1 is 1.58 bits per heavy atom. The highest BCUT2D eigenvalue weighted by molar-refractivity contribution is 7.98. The van der Waals surface area contributed by atoms with Gasteiger partial charge in [-0.3, -0.25) is 0 Å². The molecule has 106 valence electrons. The minimum atomic E-state index is -3.12. The van der Waals surface area contributed by atoms with Gasteiger partial charge >= 0.3 is 5.97 Å². The molecule has 0 bridgehead atoms. The van der Waals surface area contributed by atoms with E-state index in [2.05, 4.69) is 5.10 Å². The summed E-state index contributed by atoms with van der Waals surface area (Å²) in [6, 6.07) is 0. The van der Waals surface area contributed by atoms with Gasteiger partial charge in [0.1, 0.15) is 16.4 Å². The zero-order valence-electron chi connectivity index (χ0n) is 10.6. The van der Waals surface area contributed by atoms with Crippen LogP contribution in [0.2, 0.25) is 0 Å². The summed E-state index contributed by atoms with van der Waals surface area (Å²) in [5, 5.41) is 13.6. The van der Waals surface area contributed by atoms with Gasteiger partial charge in [0.25, 0.3) is 0 Å². The summed E-state index contributed by atoms with van der Waals surface area (Å²) < 4.78 is 24.6. The Morgan fingerprint density at radius 3 is 2.58 bits per heavy atom. The fourth-order valence-electron chi connectivity index (χ4n) is 2.33. The van der Waals surface area contributed by atoms with E-state index >= 15 is 0 Å². The number of nitrogen functional groups attached to an aromatic ring is 1. The molecule has 1 fully saturated rings. The molecule has 1 aliphatic heterocycles. The first-order valence-corrected chi connectivity index (χ1v) is 8.61. The number of anilines is 1. The molecule has 1 aliphatic rings. The van der Waals surface area contributed by atoms with E-state index in [1.54, 1.807) is 13.2 Å². The number of nitrogens with two attached hydrogens (primary N) is 1. The summed E-state index contributed by atoms with van der Waals surface area (Å²) in [4.78, 5) is 11.2. The largest absolute Gasteiger partial charge is 0.477 e. The van der Waals surface area contributed by atoms with Crippen molar-refractivity contribution in [2.75, 3.05) is 23.5 Å². The van der Waals surface area contributed by atoms with E-state index in [1.807, 2.05) is 0 Å². The average molecular weight is 305 g/mol. The molecule has 19 heavy (non-hydrogen) atoms. The van der Waals surface area contributed by atoms with Crippen molar-refractivity contribution in [3.8, 4) is 0 Å². The van der Waals surface area contributed by atoms with Gasteiger partial charge in [-0.05, 0) is 19.6 Å². The molecule has 0 saturated carbocycles. The van der Waals surface area contributed by atoms with Crippen LogP contribution in [0.15, 0.2) is 5.03 Å². The van der Waals surface area contributed by atoms with Gasteiger partial charge in [0.2, 0.25) is 0 Å². The maximum absolute atomic E-state index is 11.6. The van der Waals surface area contributed by atoms with E-state index in [0.29, 0.717) is 11.4 Å². The van der Waals surface area contributed by atoms with Gasteiger partial charge in [-0.25, -0.2) is 17.9 Å². The van der Waals surface area contributed by atoms with E-state index in [4.69, 9.17) is 10.8 Å². The maximum atomic E-state index is 11.6. The molecular formula is C10H15N3O4S2. The lowest BCUT2D eigenvalue weighted by Gasteiger charge is -2.24. The van der Waals surface area contributed by atoms with Crippen LogP contribution in [-0.2, 0) is 15.4 Å². The number of aromatic nitrogens is 2. The van der Waals surface area contributed by atoms with Crippen molar-refractivity contribution < 1.29 is 18.3 Å². The molecule has 1 atom stereocenters. The molecule has 2 rings (SSSR count). The Kier molecular flexibility index (Phi) is 3.29. The van der Waals surface area contributed by atoms with Gasteiger partial charge < -0.3 is 10.8 Å². The highest BCUT2D eigenvalue weighted by atomic mass is 32.2. The molecular weight excluding hydrogens is 290 g/mol. The van der Waals surface area contributed by atoms with Gasteiger partial charge in [-0.2, -0.15) is 5.10 Å². The van der Waals surface area contributed by atoms with Crippen LogP contribution in [0.4, 0.5) is 5.82 Å². The van der Waals surface area contributed by atoms with Gasteiger partial charge in [-0.15, -0.1) is 11.8 Å². The zero-order chi connectivity index (χ0) is 14.4. The number of aromatic carboxylic acids is 1. The second-order valence-electron chi connectivity index (χ2n) is 4.83. The number of thioether (sulfide) groups is 1. The van der Waals surface area contributed by atoms with Crippen LogP contribution in [0.25, 0.3) is 0 Å². The average Bonchev–Trinajstić information content (AvgIpc) is 2.77. The molecule has 1 aromatic heterocycles. The number of carbonyl (C=O) groups is 1. The highest BCUT2D eigenvalue weighted by Crippen LogP contribution is 2.35. The first kappa shape index (κ1) is 14.2. The molecule has 9 heteroatoms. The normalized spacial score (nSPS) is 25.6. The van der Waals surface area contributed by atoms with Crippen molar-refractivity contribution in [3.63, 3.8) is 0 Å². The van der Waals surface area contributed by atoms with Gasteiger partial charge in [0.15, 0.2) is 9.84 Å². The lowest BCUT2D eigenvalue weighted by atomic mass is 10.0. The molecule has 1 aromatic rings. The third-order valence-corrected chi connectivity index (χ3v) is 5.85.